The Kier molecular flexibility index (Phi) is 4.39. The zero-order chi connectivity index (χ0) is 16.7. The van der Waals surface area contributed by atoms with E-state index < -0.39 is 9.84 Å². The van der Waals surface area contributed by atoms with E-state index in [1.165, 1.54) is 0 Å². The molecule has 0 radical (unpaired) electrons. The number of rotatable bonds is 3. The minimum Gasteiger partial charge on any atom is -0.311 e. The standard InChI is InChI=1S/C15H25N3O3S/c1-10(2)14(19)16-13-8-12(15(3,4)5)17-18(13)11-6-7-22(20,21)9-11/h8,10-11H,6-7,9H2,1-5H3,(H,16,19). The second-order valence-electron chi connectivity index (χ2n) is 7.31. The third-order valence-corrected chi connectivity index (χ3v) is 5.58. The summed E-state index contributed by atoms with van der Waals surface area (Å²) in [6.45, 7) is 9.76. The summed E-state index contributed by atoms with van der Waals surface area (Å²) in [6, 6.07) is 1.65. The number of nitrogens with zero attached hydrogens (tertiary/aromatic N) is 2. The molecule has 1 aliphatic heterocycles. The third-order valence-electron chi connectivity index (χ3n) is 3.83. The number of aromatic nitrogens is 2. The van der Waals surface area contributed by atoms with Crippen LogP contribution in [0.25, 0.3) is 0 Å². The van der Waals surface area contributed by atoms with Crippen molar-refractivity contribution in [3.05, 3.63) is 11.8 Å². The van der Waals surface area contributed by atoms with Crippen LogP contribution in [0, 0.1) is 5.92 Å². The van der Waals surface area contributed by atoms with Crippen molar-refractivity contribution in [2.24, 2.45) is 5.92 Å². The molecule has 7 heteroatoms. The second-order valence-corrected chi connectivity index (χ2v) is 9.54. The molecule has 0 saturated carbocycles. The SMILES string of the molecule is CC(C)C(=O)Nc1cc(C(C)(C)C)nn1C1CCS(=O)(=O)C1. The lowest BCUT2D eigenvalue weighted by molar-refractivity contribution is -0.118. The molecule has 1 saturated heterocycles. The summed E-state index contributed by atoms with van der Waals surface area (Å²) in [7, 11) is -3.00. The summed E-state index contributed by atoms with van der Waals surface area (Å²) in [4.78, 5) is 12.0. The van der Waals surface area contributed by atoms with Crippen molar-refractivity contribution in [3.63, 3.8) is 0 Å². The largest absolute Gasteiger partial charge is 0.311 e. The fourth-order valence-electron chi connectivity index (χ4n) is 2.37. The minimum absolute atomic E-state index is 0.0861. The van der Waals surface area contributed by atoms with E-state index >= 15 is 0 Å². The summed E-state index contributed by atoms with van der Waals surface area (Å²) in [6.07, 6.45) is 0.540. The van der Waals surface area contributed by atoms with Gasteiger partial charge < -0.3 is 5.32 Å². The Morgan fingerprint density at radius 3 is 2.50 bits per heavy atom. The Morgan fingerprint density at radius 1 is 1.41 bits per heavy atom. The maximum Gasteiger partial charge on any atom is 0.228 e. The van der Waals surface area contributed by atoms with Gasteiger partial charge in [-0.15, -0.1) is 0 Å². The number of amides is 1. The average molecular weight is 327 g/mol. The molecule has 0 spiro atoms. The van der Waals surface area contributed by atoms with E-state index in [2.05, 4.69) is 10.4 Å². The van der Waals surface area contributed by atoms with Gasteiger partial charge in [0.15, 0.2) is 9.84 Å². The first-order valence-corrected chi connectivity index (χ1v) is 9.43. The molecule has 2 rings (SSSR count). The molecule has 2 heterocycles. The maximum atomic E-state index is 12.0. The molecule has 1 aromatic heterocycles. The van der Waals surface area contributed by atoms with Crippen molar-refractivity contribution in [1.29, 1.82) is 0 Å². The molecular weight excluding hydrogens is 302 g/mol. The molecule has 0 bridgehead atoms. The van der Waals surface area contributed by atoms with Gasteiger partial charge in [0.25, 0.3) is 0 Å². The van der Waals surface area contributed by atoms with E-state index in [9.17, 15) is 13.2 Å². The van der Waals surface area contributed by atoms with Gasteiger partial charge in [0.1, 0.15) is 5.82 Å². The van der Waals surface area contributed by atoms with Crippen LogP contribution >= 0.6 is 0 Å². The molecule has 0 aromatic carbocycles. The Morgan fingerprint density at radius 2 is 2.05 bits per heavy atom. The molecule has 1 fully saturated rings. The lowest BCUT2D eigenvalue weighted by Crippen LogP contribution is -2.22. The normalized spacial score (nSPS) is 21.3. The van der Waals surface area contributed by atoms with Crippen LogP contribution in [-0.2, 0) is 20.0 Å². The molecule has 0 aliphatic carbocycles. The van der Waals surface area contributed by atoms with Crippen LogP contribution < -0.4 is 5.32 Å². The highest BCUT2D eigenvalue weighted by Gasteiger charge is 2.33. The first-order valence-electron chi connectivity index (χ1n) is 7.61. The Hall–Kier alpha value is -1.37. The van der Waals surface area contributed by atoms with E-state index in [0.29, 0.717) is 12.2 Å². The van der Waals surface area contributed by atoms with Gasteiger partial charge >= 0.3 is 0 Å². The number of sulfone groups is 1. The molecule has 6 nitrogen and oxygen atoms in total. The van der Waals surface area contributed by atoms with Crippen LogP contribution in [0.3, 0.4) is 0 Å². The monoisotopic (exact) mass is 327 g/mol. The quantitative estimate of drug-likeness (QED) is 0.922. The van der Waals surface area contributed by atoms with Gasteiger partial charge in [-0.3, -0.25) is 4.79 Å². The van der Waals surface area contributed by atoms with Crippen LogP contribution in [0.15, 0.2) is 6.07 Å². The van der Waals surface area contributed by atoms with E-state index in [1.807, 2.05) is 40.7 Å². The smallest absolute Gasteiger partial charge is 0.228 e. The maximum absolute atomic E-state index is 12.0. The summed E-state index contributed by atoms with van der Waals surface area (Å²) in [5, 5.41) is 7.45. The molecule has 1 N–H and O–H groups in total. The van der Waals surface area contributed by atoms with Gasteiger partial charge in [0, 0.05) is 17.4 Å². The number of carbonyl (C=O) groups is 1. The van der Waals surface area contributed by atoms with Crippen molar-refractivity contribution in [1.82, 2.24) is 9.78 Å². The number of anilines is 1. The molecular formula is C15H25N3O3S. The summed E-state index contributed by atoms with van der Waals surface area (Å²) >= 11 is 0. The molecule has 1 unspecified atom stereocenters. The van der Waals surface area contributed by atoms with E-state index in [0.717, 1.165) is 5.69 Å². The first kappa shape index (κ1) is 17.0. The van der Waals surface area contributed by atoms with Gasteiger partial charge in [0.05, 0.1) is 23.2 Å². The zero-order valence-corrected chi connectivity index (χ0v) is 14.7. The first-order chi connectivity index (χ1) is 9.99. The molecule has 1 amide bonds. The Bertz CT molecular complexity index is 669. The molecule has 22 heavy (non-hydrogen) atoms. The molecule has 124 valence electrons. The zero-order valence-electron chi connectivity index (χ0n) is 13.9. The highest BCUT2D eigenvalue weighted by atomic mass is 32.2. The van der Waals surface area contributed by atoms with Crippen LogP contribution in [-0.4, -0.2) is 35.6 Å². The number of carbonyl (C=O) groups excluding carboxylic acids is 1. The minimum atomic E-state index is -3.00. The Labute approximate surface area is 132 Å². The van der Waals surface area contributed by atoms with Crippen molar-refractivity contribution in [2.45, 2.75) is 52.5 Å². The highest BCUT2D eigenvalue weighted by molar-refractivity contribution is 7.91. The van der Waals surface area contributed by atoms with Crippen molar-refractivity contribution < 1.29 is 13.2 Å². The van der Waals surface area contributed by atoms with Crippen LogP contribution in [0.2, 0.25) is 0 Å². The fourth-order valence-corrected chi connectivity index (χ4v) is 4.06. The van der Waals surface area contributed by atoms with E-state index in [4.69, 9.17) is 0 Å². The topological polar surface area (TPSA) is 81.1 Å². The Balaban J connectivity index is 2.38. The third kappa shape index (κ3) is 3.69. The van der Waals surface area contributed by atoms with Gasteiger partial charge in [-0.25, -0.2) is 13.1 Å². The predicted molar refractivity (Wildman–Crippen MR) is 86.7 cm³/mol. The molecule has 1 atom stereocenters. The van der Waals surface area contributed by atoms with E-state index in [-0.39, 0.29) is 34.8 Å². The number of nitrogens with one attached hydrogen (secondary N) is 1. The van der Waals surface area contributed by atoms with Crippen LogP contribution in [0.1, 0.15) is 52.8 Å². The van der Waals surface area contributed by atoms with Gasteiger partial charge in [0.2, 0.25) is 5.91 Å². The van der Waals surface area contributed by atoms with Crippen molar-refractivity contribution in [3.8, 4) is 0 Å². The lowest BCUT2D eigenvalue weighted by atomic mass is 9.92. The number of hydrogen-bond donors (Lipinski definition) is 1. The van der Waals surface area contributed by atoms with Gasteiger partial charge in [-0.1, -0.05) is 34.6 Å². The van der Waals surface area contributed by atoms with Gasteiger partial charge in [-0.05, 0) is 6.42 Å². The fraction of sp³-hybridized carbons (Fsp3) is 0.733. The van der Waals surface area contributed by atoms with Crippen molar-refractivity contribution in [2.75, 3.05) is 16.8 Å². The molecule has 1 aliphatic rings. The second kappa shape index (κ2) is 5.68. The van der Waals surface area contributed by atoms with Crippen LogP contribution in [0.5, 0.6) is 0 Å². The summed E-state index contributed by atoms with van der Waals surface area (Å²) < 4.78 is 25.1. The molecule has 1 aromatic rings. The lowest BCUT2D eigenvalue weighted by Gasteiger charge is -2.16. The average Bonchev–Trinajstić information content (AvgIpc) is 2.91. The summed E-state index contributed by atoms with van der Waals surface area (Å²) in [5.74, 6) is 0.616. The van der Waals surface area contributed by atoms with E-state index in [1.54, 1.807) is 4.68 Å². The number of hydrogen-bond acceptors (Lipinski definition) is 4. The van der Waals surface area contributed by atoms with Gasteiger partial charge in [-0.2, -0.15) is 5.10 Å². The highest BCUT2D eigenvalue weighted by Crippen LogP contribution is 2.31. The predicted octanol–water partition coefficient (Wildman–Crippen LogP) is 2.13. The summed E-state index contributed by atoms with van der Waals surface area (Å²) in [5.41, 5.74) is 0.677. The van der Waals surface area contributed by atoms with Crippen LogP contribution in [0.4, 0.5) is 5.82 Å². The van der Waals surface area contributed by atoms with Crippen molar-refractivity contribution >= 4 is 21.6 Å².